The maximum Gasteiger partial charge on any atom is 0.340 e. The molecule has 2 aliphatic carbocycles. The van der Waals surface area contributed by atoms with E-state index in [1.807, 2.05) is 53.7 Å². The molecule has 174 valence electrons. The van der Waals surface area contributed by atoms with Gasteiger partial charge in [-0.3, -0.25) is 0 Å². The first-order valence-electron chi connectivity index (χ1n) is 11.8. The monoisotopic (exact) mass is 446 g/mol. The summed E-state index contributed by atoms with van der Waals surface area (Å²) >= 11 is 0. The number of aryl methyl sites for hydroxylation is 4. The van der Waals surface area contributed by atoms with Gasteiger partial charge in [-0.15, -0.1) is 0 Å². The second-order valence-electron chi connectivity index (χ2n) is 10.5. The van der Waals surface area contributed by atoms with Crippen LogP contribution in [-0.2, 0) is 9.59 Å². The molecular weight excluding hydrogens is 412 g/mol. The van der Waals surface area contributed by atoms with Crippen LogP contribution in [0.1, 0.15) is 60.1 Å². The third-order valence-electron chi connectivity index (χ3n) is 7.90. The van der Waals surface area contributed by atoms with Gasteiger partial charge in [0.2, 0.25) is 0 Å². The van der Waals surface area contributed by atoms with Crippen molar-refractivity contribution in [3.63, 3.8) is 0 Å². The molecule has 4 heteroatoms. The van der Waals surface area contributed by atoms with Crippen LogP contribution >= 0.6 is 0 Å². The van der Waals surface area contributed by atoms with Crippen molar-refractivity contribution in [1.82, 2.24) is 0 Å². The summed E-state index contributed by atoms with van der Waals surface area (Å²) in [5.74, 6) is 0.250. The lowest BCUT2D eigenvalue weighted by atomic mass is 9.79. The highest BCUT2D eigenvalue weighted by atomic mass is 16.5. The molecule has 0 amide bonds. The van der Waals surface area contributed by atoms with E-state index in [0.29, 0.717) is 22.6 Å². The Morgan fingerprint density at radius 1 is 0.697 bits per heavy atom. The summed E-state index contributed by atoms with van der Waals surface area (Å²) in [4.78, 5) is 27.0. The van der Waals surface area contributed by atoms with Gasteiger partial charge >= 0.3 is 11.9 Å². The summed E-state index contributed by atoms with van der Waals surface area (Å²) in [5, 5.41) is 0. The molecule has 0 N–H and O–H groups in total. The van der Waals surface area contributed by atoms with Gasteiger partial charge in [-0.1, -0.05) is 26.0 Å². The Labute approximate surface area is 197 Å². The Morgan fingerprint density at radius 3 is 1.42 bits per heavy atom. The number of benzene rings is 2. The third-order valence-corrected chi connectivity index (χ3v) is 7.90. The largest absolute Gasteiger partial charge is 0.423 e. The van der Waals surface area contributed by atoms with E-state index in [4.69, 9.17) is 9.47 Å². The van der Waals surface area contributed by atoms with E-state index in [-0.39, 0.29) is 17.3 Å². The fourth-order valence-electron chi connectivity index (χ4n) is 5.76. The van der Waals surface area contributed by atoms with Crippen molar-refractivity contribution in [2.24, 2.45) is 17.3 Å². The van der Waals surface area contributed by atoms with Gasteiger partial charge in [-0.2, -0.15) is 0 Å². The Morgan fingerprint density at radius 2 is 1.06 bits per heavy atom. The molecule has 2 unspecified atom stereocenters. The molecule has 0 spiro atoms. The van der Waals surface area contributed by atoms with Gasteiger partial charge in [-0.05, 0) is 117 Å². The number of esters is 2. The number of hydrogen-bond acceptors (Lipinski definition) is 4. The van der Waals surface area contributed by atoms with Crippen molar-refractivity contribution in [2.45, 2.75) is 68.2 Å². The van der Waals surface area contributed by atoms with Crippen molar-refractivity contribution < 1.29 is 19.1 Å². The molecule has 0 aromatic heterocycles. The predicted octanol–water partition coefficient (Wildman–Crippen LogP) is 6.41. The minimum atomic E-state index is -0.424. The summed E-state index contributed by atoms with van der Waals surface area (Å²) in [6, 6.07) is 7.91. The zero-order chi connectivity index (χ0) is 24.2. The van der Waals surface area contributed by atoms with Crippen LogP contribution in [0.25, 0.3) is 0 Å². The molecule has 4 nitrogen and oxygen atoms in total. The molecule has 2 aliphatic rings. The summed E-state index contributed by atoms with van der Waals surface area (Å²) in [7, 11) is 0. The maximum absolute atomic E-state index is 13.5. The molecule has 33 heavy (non-hydrogen) atoms. The minimum absolute atomic E-state index is 0.0101. The van der Waals surface area contributed by atoms with Crippen LogP contribution in [0.3, 0.4) is 0 Å². The second kappa shape index (κ2) is 8.16. The molecule has 2 aromatic carbocycles. The summed E-state index contributed by atoms with van der Waals surface area (Å²) in [6.45, 7) is 16.2. The first-order valence-corrected chi connectivity index (χ1v) is 11.8. The van der Waals surface area contributed by atoms with Crippen LogP contribution in [0.15, 0.2) is 35.4 Å². The second-order valence-corrected chi connectivity index (χ2v) is 10.5. The summed E-state index contributed by atoms with van der Waals surface area (Å²) in [6.07, 6.45) is 1.76. The van der Waals surface area contributed by atoms with Crippen molar-refractivity contribution >= 4 is 11.9 Å². The van der Waals surface area contributed by atoms with Crippen LogP contribution < -0.4 is 9.47 Å². The normalized spacial score (nSPS) is 20.8. The van der Waals surface area contributed by atoms with E-state index < -0.39 is 11.9 Å². The van der Waals surface area contributed by atoms with Crippen molar-refractivity contribution in [2.75, 3.05) is 0 Å². The van der Waals surface area contributed by atoms with Crippen LogP contribution in [0.2, 0.25) is 0 Å². The van der Waals surface area contributed by atoms with Gasteiger partial charge in [-0.25, -0.2) is 9.59 Å². The summed E-state index contributed by atoms with van der Waals surface area (Å²) in [5.41, 5.74) is 6.91. The zero-order valence-corrected chi connectivity index (χ0v) is 21.0. The highest BCUT2D eigenvalue weighted by Crippen LogP contribution is 2.60. The van der Waals surface area contributed by atoms with E-state index >= 15 is 0 Å². The van der Waals surface area contributed by atoms with Gasteiger partial charge in [0.15, 0.2) is 0 Å². The smallest absolute Gasteiger partial charge is 0.340 e. The molecular formula is C29H34O4. The van der Waals surface area contributed by atoms with Crippen LogP contribution in [0.4, 0.5) is 0 Å². The molecule has 0 aliphatic heterocycles. The van der Waals surface area contributed by atoms with Gasteiger partial charge in [0.05, 0.1) is 11.1 Å². The molecule has 1 fully saturated rings. The molecule has 2 bridgehead atoms. The van der Waals surface area contributed by atoms with Crippen molar-refractivity contribution in [3.8, 4) is 11.5 Å². The first kappa shape index (κ1) is 23.3. The van der Waals surface area contributed by atoms with Gasteiger partial charge in [0.1, 0.15) is 11.5 Å². The number of ether oxygens (including phenoxy) is 2. The lowest BCUT2D eigenvalue weighted by Crippen LogP contribution is -2.24. The molecule has 4 rings (SSSR count). The molecule has 0 heterocycles. The minimum Gasteiger partial charge on any atom is -0.423 e. The van der Waals surface area contributed by atoms with E-state index in [0.717, 1.165) is 46.2 Å². The van der Waals surface area contributed by atoms with Gasteiger partial charge in [0, 0.05) is 0 Å². The molecule has 0 radical (unpaired) electrons. The maximum atomic E-state index is 13.5. The standard InChI is InChI=1S/C29H34O4/c1-15-11-17(3)19(5)23(13-15)32-27(30)25-21-9-10-22(29(21,7)8)26(25)28(31)33-24-14-16(2)12-18(4)20(24)6/h11-14,21-22H,9-10H2,1-8H3. The zero-order valence-electron chi connectivity index (χ0n) is 21.0. The highest BCUT2D eigenvalue weighted by molar-refractivity contribution is 6.04. The van der Waals surface area contributed by atoms with Gasteiger partial charge in [0.25, 0.3) is 0 Å². The van der Waals surface area contributed by atoms with E-state index in [1.54, 1.807) is 0 Å². The first-order chi connectivity index (χ1) is 15.4. The highest BCUT2D eigenvalue weighted by Gasteiger charge is 2.57. The molecule has 1 saturated carbocycles. The SMILES string of the molecule is Cc1cc(C)c(C)c(OC(=O)C2=C(C(=O)Oc3cc(C)cc(C)c3C)C3CCC2C3(C)C)c1. The Kier molecular flexibility index (Phi) is 5.76. The molecule has 0 saturated heterocycles. The summed E-state index contributed by atoms with van der Waals surface area (Å²) < 4.78 is 11.8. The Bertz CT molecular complexity index is 1110. The quantitative estimate of drug-likeness (QED) is 0.402. The topological polar surface area (TPSA) is 52.6 Å². The number of fused-ring (bicyclic) bond motifs is 2. The Hall–Kier alpha value is -2.88. The number of carbonyl (C=O) groups excluding carboxylic acids is 2. The average molecular weight is 447 g/mol. The fraction of sp³-hybridized carbons (Fsp3) is 0.448. The van der Waals surface area contributed by atoms with Crippen molar-refractivity contribution in [3.05, 3.63) is 68.8 Å². The average Bonchev–Trinajstić information content (AvgIpc) is 3.14. The van der Waals surface area contributed by atoms with Crippen LogP contribution in [-0.4, -0.2) is 11.9 Å². The van der Waals surface area contributed by atoms with Gasteiger partial charge < -0.3 is 9.47 Å². The van der Waals surface area contributed by atoms with Crippen molar-refractivity contribution in [1.29, 1.82) is 0 Å². The van der Waals surface area contributed by atoms with E-state index in [2.05, 4.69) is 26.0 Å². The predicted molar refractivity (Wildman–Crippen MR) is 130 cm³/mol. The van der Waals surface area contributed by atoms with Crippen LogP contribution in [0.5, 0.6) is 11.5 Å². The van der Waals surface area contributed by atoms with Crippen LogP contribution in [0, 0.1) is 58.8 Å². The lowest BCUT2D eigenvalue weighted by Gasteiger charge is -2.25. The number of rotatable bonds is 4. The fourth-order valence-corrected chi connectivity index (χ4v) is 5.76. The lowest BCUT2D eigenvalue weighted by molar-refractivity contribution is -0.133. The number of hydrogen-bond donors (Lipinski definition) is 0. The third kappa shape index (κ3) is 3.90. The Balaban J connectivity index is 1.73. The van der Waals surface area contributed by atoms with E-state index in [1.165, 1.54) is 0 Å². The van der Waals surface area contributed by atoms with E-state index in [9.17, 15) is 9.59 Å². The molecule has 2 aromatic rings. The number of carbonyl (C=O) groups is 2. The molecule has 2 atom stereocenters.